The molecule has 0 amide bonds. The molecule has 16 heavy (non-hydrogen) atoms. The van der Waals surface area contributed by atoms with Gasteiger partial charge in [-0.3, -0.25) is 0 Å². The molecule has 0 aliphatic heterocycles. The van der Waals surface area contributed by atoms with Gasteiger partial charge in [-0.15, -0.1) is 11.8 Å². The fourth-order valence-corrected chi connectivity index (χ4v) is 2.40. The molecule has 0 saturated heterocycles. The first kappa shape index (κ1) is 11.2. The lowest BCUT2D eigenvalue weighted by Gasteiger charge is -2.05. The van der Waals surface area contributed by atoms with E-state index in [0.29, 0.717) is 6.54 Å². The molecular formula is C13H14N2S. The molecule has 0 radical (unpaired) electrons. The van der Waals surface area contributed by atoms with E-state index in [1.165, 1.54) is 5.56 Å². The largest absolute Gasteiger partial charge is 0.326 e. The van der Waals surface area contributed by atoms with Gasteiger partial charge in [-0.05, 0) is 17.2 Å². The Labute approximate surface area is 99.9 Å². The average Bonchev–Trinajstić information content (AvgIpc) is 2.38. The summed E-state index contributed by atoms with van der Waals surface area (Å²) < 4.78 is 0. The third-order valence-corrected chi connectivity index (χ3v) is 3.41. The number of pyridine rings is 1. The summed E-state index contributed by atoms with van der Waals surface area (Å²) in [7, 11) is 0. The van der Waals surface area contributed by atoms with Gasteiger partial charge in [0.05, 0.1) is 0 Å². The van der Waals surface area contributed by atoms with Gasteiger partial charge in [0.1, 0.15) is 5.03 Å². The van der Waals surface area contributed by atoms with Crippen LogP contribution in [0, 0.1) is 0 Å². The van der Waals surface area contributed by atoms with Gasteiger partial charge in [-0.1, -0.05) is 36.4 Å². The lowest BCUT2D eigenvalue weighted by atomic mass is 10.2. The second-order valence-corrected chi connectivity index (χ2v) is 4.41. The third kappa shape index (κ3) is 2.84. The highest BCUT2D eigenvalue weighted by molar-refractivity contribution is 7.98. The normalized spacial score (nSPS) is 10.3. The van der Waals surface area contributed by atoms with E-state index in [-0.39, 0.29) is 0 Å². The molecule has 0 saturated carbocycles. The number of hydrogen-bond acceptors (Lipinski definition) is 3. The second-order valence-electron chi connectivity index (χ2n) is 3.45. The van der Waals surface area contributed by atoms with Crippen LogP contribution in [0.15, 0.2) is 53.7 Å². The summed E-state index contributed by atoms with van der Waals surface area (Å²) in [6.45, 7) is 0.547. The number of thioether (sulfide) groups is 1. The third-order valence-electron chi connectivity index (χ3n) is 2.29. The topological polar surface area (TPSA) is 38.9 Å². The number of aromatic nitrogens is 1. The van der Waals surface area contributed by atoms with E-state index < -0.39 is 0 Å². The monoisotopic (exact) mass is 230 g/mol. The van der Waals surface area contributed by atoms with Crippen molar-refractivity contribution in [1.29, 1.82) is 0 Å². The van der Waals surface area contributed by atoms with E-state index in [1.807, 2.05) is 24.4 Å². The van der Waals surface area contributed by atoms with Crippen LogP contribution in [0.4, 0.5) is 0 Å². The van der Waals surface area contributed by atoms with Crippen LogP contribution in [0.1, 0.15) is 11.1 Å². The average molecular weight is 230 g/mol. The van der Waals surface area contributed by atoms with Crippen molar-refractivity contribution >= 4 is 11.8 Å². The summed E-state index contributed by atoms with van der Waals surface area (Å²) in [5.41, 5.74) is 8.09. The zero-order chi connectivity index (χ0) is 11.2. The summed E-state index contributed by atoms with van der Waals surface area (Å²) in [6.07, 6.45) is 1.81. The molecule has 82 valence electrons. The maximum absolute atomic E-state index is 5.67. The highest BCUT2D eigenvalue weighted by Crippen LogP contribution is 2.23. The molecule has 0 unspecified atom stereocenters. The molecule has 2 nitrogen and oxygen atoms in total. The first-order chi connectivity index (χ1) is 7.90. The Morgan fingerprint density at radius 2 is 1.88 bits per heavy atom. The standard InChI is InChI=1S/C13H14N2S/c14-9-12-7-4-8-15-13(12)16-10-11-5-2-1-3-6-11/h1-8H,9-10,14H2. The van der Waals surface area contributed by atoms with Gasteiger partial charge in [0, 0.05) is 18.5 Å². The van der Waals surface area contributed by atoms with Crippen LogP contribution in [0.2, 0.25) is 0 Å². The minimum atomic E-state index is 0.547. The fourth-order valence-electron chi connectivity index (χ4n) is 1.44. The minimum Gasteiger partial charge on any atom is -0.326 e. The Morgan fingerprint density at radius 3 is 2.62 bits per heavy atom. The molecule has 0 fully saturated rings. The first-order valence-electron chi connectivity index (χ1n) is 5.21. The lowest BCUT2D eigenvalue weighted by Crippen LogP contribution is -1.99. The van der Waals surface area contributed by atoms with E-state index in [1.54, 1.807) is 11.8 Å². The van der Waals surface area contributed by atoms with Crippen LogP contribution < -0.4 is 5.73 Å². The second kappa shape index (κ2) is 5.68. The predicted octanol–water partition coefficient (Wildman–Crippen LogP) is 2.83. The van der Waals surface area contributed by atoms with Crippen molar-refractivity contribution in [1.82, 2.24) is 4.98 Å². The van der Waals surface area contributed by atoms with Crippen LogP contribution in [0.3, 0.4) is 0 Å². The van der Waals surface area contributed by atoms with Gasteiger partial charge in [0.2, 0.25) is 0 Å². The van der Waals surface area contributed by atoms with Gasteiger partial charge >= 0.3 is 0 Å². The van der Waals surface area contributed by atoms with Crippen LogP contribution >= 0.6 is 11.8 Å². The molecule has 1 aromatic carbocycles. The maximum Gasteiger partial charge on any atom is 0.101 e. The molecule has 2 aromatic rings. The summed E-state index contributed by atoms with van der Waals surface area (Å²) in [5.74, 6) is 0.935. The molecule has 0 aliphatic carbocycles. The quantitative estimate of drug-likeness (QED) is 0.821. The van der Waals surface area contributed by atoms with Crippen LogP contribution in [-0.2, 0) is 12.3 Å². The Balaban J connectivity index is 2.05. The van der Waals surface area contributed by atoms with Crippen molar-refractivity contribution in [2.24, 2.45) is 5.73 Å². The van der Waals surface area contributed by atoms with Gasteiger partial charge in [-0.25, -0.2) is 4.98 Å². The van der Waals surface area contributed by atoms with Crippen molar-refractivity contribution in [2.45, 2.75) is 17.3 Å². The van der Waals surface area contributed by atoms with Gasteiger partial charge in [-0.2, -0.15) is 0 Å². The Kier molecular flexibility index (Phi) is 3.97. The molecule has 2 rings (SSSR count). The van der Waals surface area contributed by atoms with Crippen LogP contribution in [-0.4, -0.2) is 4.98 Å². The number of nitrogens with zero attached hydrogens (tertiary/aromatic N) is 1. The molecule has 2 N–H and O–H groups in total. The number of nitrogens with two attached hydrogens (primary N) is 1. The molecule has 3 heteroatoms. The van der Waals surface area contributed by atoms with Gasteiger partial charge in [0.15, 0.2) is 0 Å². The molecule has 1 aromatic heterocycles. The first-order valence-corrected chi connectivity index (χ1v) is 6.19. The zero-order valence-corrected chi connectivity index (χ0v) is 9.78. The number of rotatable bonds is 4. The smallest absolute Gasteiger partial charge is 0.101 e. The van der Waals surface area contributed by atoms with Crippen LogP contribution in [0.25, 0.3) is 0 Å². The Morgan fingerprint density at radius 1 is 1.06 bits per heavy atom. The molecule has 0 bridgehead atoms. The highest BCUT2D eigenvalue weighted by atomic mass is 32.2. The Hall–Kier alpha value is -1.32. The van der Waals surface area contributed by atoms with Crippen molar-refractivity contribution in [3.63, 3.8) is 0 Å². The van der Waals surface area contributed by atoms with E-state index in [2.05, 4.69) is 29.2 Å². The lowest BCUT2D eigenvalue weighted by molar-refractivity contribution is 0.963. The number of hydrogen-bond donors (Lipinski definition) is 1. The van der Waals surface area contributed by atoms with Crippen molar-refractivity contribution < 1.29 is 0 Å². The molecule has 0 aliphatic rings. The fraction of sp³-hybridized carbons (Fsp3) is 0.154. The van der Waals surface area contributed by atoms with Crippen molar-refractivity contribution in [3.8, 4) is 0 Å². The molecule has 0 spiro atoms. The highest BCUT2D eigenvalue weighted by Gasteiger charge is 2.02. The molecule has 1 heterocycles. The molecule has 0 atom stereocenters. The van der Waals surface area contributed by atoms with Gasteiger partial charge < -0.3 is 5.73 Å². The summed E-state index contributed by atoms with van der Waals surface area (Å²) >= 11 is 1.73. The van der Waals surface area contributed by atoms with Gasteiger partial charge in [0.25, 0.3) is 0 Å². The van der Waals surface area contributed by atoms with Crippen molar-refractivity contribution in [2.75, 3.05) is 0 Å². The minimum absolute atomic E-state index is 0.547. The van der Waals surface area contributed by atoms with Crippen molar-refractivity contribution in [3.05, 3.63) is 59.8 Å². The van der Waals surface area contributed by atoms with E-state index >= 15 is 0 Å². The maximum atomic E-state index is 5.67. The van der Waals surface area contributed by atoms with E-state index in [4.69, 9.17) is 5.73 Å². The van der Waals surface area contributed by atoms with E-state index in [0.717, 1.165) is 16.3 Å². The number of benzene rings is 1. The van der Waals surface area contributed by atoms with E-state index in [9.17, 15) is 0 Å². The Bertz CT molecular complexity index is 443. The SMILES string of the molecule is NCc1cccnc1SCc1ccccc1. The molecular weight excluding hydrogens is 216 g/mol. The summed E-state index contributed by atoms with van der Waals surface area (Å²) in [6, 6.07) is 14.3. The predicted molar refractivity (Wildman–Crippen MR) is 68.1 cm³/mol. The summed E-state index contributed by atoms with van der Waals surface area (Å²) in [5, 5.41) is 1.04. The zero-order valence-electron chi connectivity index (χ0n) is 8.97. The summed E-state index contributed by atoms with van der Waals surface area (Å²) in [4.78, 5) is 4.35. The van der Waals surface area contributed by atoms with Crippen LogP contribution in [0.5, 0.6) is 0 Å².